The van der Waals surface area contributed by atoms with Crippen molar-refractivity contribution in [3.8, 4) is 12.3 Å². The first-order valence-electron chi connectivity index (χ1n) is 4.70. The minimum atomic E-state index is 0.477. The van der Waals surface area contributed by atoms with Gasteiger partial charge in [-0.3, -0.25) is 4.99 Å². The number of nitrogens with one attached hydrogen (secondary N) is 2. The molecule has 5 heteroatoms. The summed E-state index contributed by atoms with van der Waals surface area (Å²) in [6, 6.07) is 0. The Balaban J connectivity index is 2.21. The average molecular weight is 205 g/mol. The first-order chi connectivity index (χ1) is 7.36. The van der Waals surface area contributed by atoms with E-state index < -0.39 is 0 Å². The largest absolute Gasteiger partial charge is 0.355 e. The number of aromatic nitrogens is 2. The van der Waals surface area contributed by atoms with Crippen molar-refractivity contribution in [2.45, 2.75) is 6.54 Å². The lowest BCUT2D eigenvalue weighted by molar-refractivity contribution is 0.665. The Morgan fingerprint density at radius 3 is 3.07 bits per heavy atom. The summed E-state index contributed by atoms with van der Waals surface area (Å²) in [6.45, 7) is 2.10. The van der Waals surface area contributed by atoms with Crippen LogP contribution in [0.3, 0.4) is 0 Å². The van der Waals surface area contributed by atoms with Gasteiger partial charge in [0.05, 0.1) is 12.9 Å². The summed E-state index contributed by atoms with van der Waals surface area (Å²) in [5.74, 6) is 3.21. The first kappa shape index (κ1) is 11.1. The summed E-state index contributed by atoms with van der Waals surface area (Å²) >= 11 is 0. The summed E-state index contributed by atoms with van der Waals surface area (Å²) in [5, 5.41) is 6.11. The zero-order valence-corrected chi connectivity index (χ0v) is 8.77. The molecule has 0 aliphatic carbocycles. The standard InChI is InChI=1S/C10H15N5/c1-3-4-13-10(11-2)14-6-8-15-7-5-12-9-15/h1,5,7,9H,4,6,8H2,2H3,(H2,11,13,14). The lowest BCUT2D eigenvalue weighted by Crippen LogP contribution is -2.38. The van der Waals surface area contributed by atoms with Crippen molar-refractivity contribution in [1.29, 1.82) is 0 Å². The highest BCUT2D eigenvalue weighted by molar-refractivity contribution is 5.79. The van der Waals surface area contributed by atoms with Crippen LogP contribution >= 0.6 is 0 Å². The van der Waals surface area contributed by atoms with Gasteiger partial charge in [-0.05, 0) is 0 Å². The van der Waals surface area contributed by atoms with Gasteiger partial charge in [0.1, 0.15) is 0 Å². The molecule has 0 spiro atoms. The van der Waals surface area contributed by atoms with Crippen LogP contribution in [0, 0.1) is 12.3 Å². The first-order valence-corrected chi connectivity index (χ1v) is 4.70. The van der Waals surface area contributed by atoms with Crippen LogP contribution in [-0.4, -0.2) is 35.6 Å². The number of nitrogens with zero attached hydrogens (tertiary/aromatic N) is 3. The second-order valence-corrected chi connectivity index (χ2v) is 2.86. The zero-order chi connectivity index (χ0) is 10.9. The minimum Gasteiger partial charge on any atom is -0.355 e. The van der Waals surface area contributed by atoms with Gasteiger partial charge in [0.25, 0.3) is 0 Å². The number of hydrogen-bond donors (Lipinski definition) is 2. The lowest BCUT2D eigenvalue weighted by atomic mass is 10.6. The maximum atomic E-state index is 5.13. The van der Waals surface area contributed by atoms with E-state index in [1.54, 1.807) is 19.6 Å². The Morgan fingerprint density at radius 1 is 1.60 bits per heavy atom. The van der Waals surface area contributed by atoms with E-state index in [1.807, 2.05) is 10.8 Å². The fraction of sp³-hybridized carbons (Fsp3) is 0.400. The molecular formula is C10H15N5. The Kier molecular flexibility index (Phi) is 4.81. The van der Waals surface area contributed by atoms with E-state index >= 15 is 0 Å². The molecule has 1 heterocycles. The molecule has 0 saturated carbocycles. The van der Waals surface area contributed by atoms with E-state index in [4.69, 9.17) is 6.42 Å². The van der Waals surface area contributed by atoms with Crippen molar-refractivity contribution >= 4 is 5.96 Å². The molecule has 2 N–H and O–H groups in total. The number of rotatable bonds is 4. The van der Waals surface area contributed by atoms with Crippen molar-refractivity contribution in [3.05, 3.63) is 18.7 Å². The number of aliphatic imine (C=N–C) groups is 1. The van der Waals surface area contributed by atoms with E-state index in [0.29, 0.717) is 12.5 Å². The van der Waals surface area contributed by atoms with Gasteiger partial charge < -0.3 is 15.2 Å². The quantitative estimate of drug-likeness (QED) is 0.402. The van der Waals surface area contributed by atoms with E-state index in [9.17, 15) is 0 Å². The predicted molar refractivity (Wildman–Crippen MR) is 60.4 cm³/mol. The van der Waals surface area contributed by atoms with Crippen LogP contribution in [0.4, 0.5) is 0 Å². The topological polar surface area (TPSA) is 54.2 Å². The van der Waals surface area contributed by atoms with Crippen molar-refractivity contribution in [3.63, 3.8) is 0 Å². The van der Waals surface area contributed by atoms with Gasteiger partial charge in [-0.1, -0.05) is 5.92 Å². The lowest BCUT2D eigenvalue weighted by Gasteiger charge is -2.09. The summed E-state index contributed by atoms with van der Waals surface area (Å²) in [7, 11) is 1.71. The molecule has 0 radical (unpaired) electrons. The van der Waals surface area contributed by atoms with Crippen LogP contribution in [0.25, 0.3) is 0 Å². The second-order valence-electron chi connectivity index (χ2n) is 2.86. The molecule has 0 aliphatic rings. The van der Waals surface area contributed by atoms with Gasteiger partial charge in [-0.25, -0.2) is 4.98 Å². The molecule has 1 aromatic heterocycles. The van der Waals surface area contributed by atoms with Crippen molar-refractivity contribution < 1.29 is 0 Å². The van der Waals surface area contributed by atoms with Crippen LogP contribution in [0.5, 0.6) is 0 Å². The SMILES string of the molecule is C#CCNC(=NC)NCCn1ccnc1. The Bertz CT molecular complexity index is 333. The fourth-order valence-electron chi connectivity index (χ4n) is 1.08. The predicted octanol–water partition coefficient (Wildman–Crippen LogP) is -0.319. The van der Waals surface area contributed by atoms with Gasteiger partial charge in [0, 0.05) is 32.5 Å². The highest BCUT2D eigenvalue weighted by Gasteiger charge is 1.94. The van der Waals surface area contributed by atoms with E-state index in [2.05, 4.69) is 26.5 Å². The third kappa shape index (κ3) is 4.18. The molecule has 0 unspecified atom stereocenters. The molecule has 0 bridgehead atoms. The number of hydrogen-bond acceptors (Lipinski definition) is 2. The third-order valence-electron chi connectivity index (χ3n) is 1.80. The molecule has 1 rings (SSSR count). The van der Waals surface area contributed by atoms with E-state index in [-0.39, 0.29) is 0 Å². The molecule has 80 valence electrons. The second kappa shape index (κ2) is 6.49. The maximum absolute atomic E-state index is 5.13. The van der Waals surface area contributed by atoms with Crippen molar-refractivity contribution in [2.75, 3.05) is 20.1 Å². The van der Waals surface area contributed by atoms with Gasteiger partial charge in [-0.15, -0.1) is 6.42 Å². The molecule has 0 fully saturated rings. The highest BCUT2D eigenvalue weighted by Crippen LogP contribution is 1.83. The smallest absolute Gasteiger partial charge is 0.191 e. The Morgan fingerprint density at radius 2 is 2.47 bits per heavy atom. The van der Waals surface area contributed by atoms with Gasteiger partial charge in [0.15, 0.2) is 5.96 Å². The molecule has 0 aromatic carbocycles. The third-order valence-corrected chi connectivity index (χ3v) is 1.80. The Labute approximate surface area is 89.6 Å². The Hall–Kier alpha value is -1.96. The minimum absolute atomic E-state index is 0.477. The van der Waals surface area contributed by atoms with Crippen LogP contribution in [0.2, 0.25) is 0 Å². The van der Waals surface area contributed by atoms with Crippen LogP contribution < -0.4 is 10.6 Å². The van der Waals surface area contributed by atoms with Gasteiger partial charge >= 0.3 is 0 Å². The van der Waals surface area contributed by atoms with Crippen molar-refractivity contribution in [1.82, 2.24) is 20.2 Å². The highest BCUT2D eigenvalue weighted by atomic mass is 15.2. The molecule has 15 heavy (non-hydrogen) atoms. The van der Waals surface area contributed by atoms with Gasteiger partial charge in [0.2, 0.25) is 0 Å². The van der Waals surface area contributed by atoms with Crippen LogP contribution in [-0.2, 0) is 6.54 Å². The molecular weight excluding hydrogens is 190 g/mol. The summed E-state index contributed by atoms with van der Waals surface area (Å²) in [4.78, 5) is 7.97. The summed E-state index contributed by atoms with van der Waals surface area (Å²) < 4.78 is 1.99. The molecule has 0 saturated heterocycles. The van der Waals surface area contributed by atoms with Crippen LogP contribution in [0.1, 0.15) is 0 Å². The number of imidazole rings is 1. The average Bonchev–Trinajstić information content (AvgIpc) is 2.76. The van der Waals surface area contributed by atoms with Gasteiger partial charge in [-0.2, -0.15) is 0 Å². The van der Waals surface area contributed by atoms with Crippen LogP contribution in [0.15, 0.2) is 23.7 Å². The normalized spacial score (nSPS) is 10.8. The number of guanidine groups is 1. The molecule has 5 nitrogen and oxygen atoms in total. The molecule has 0 aliphatic heterocycles. The monoisotopic (exact) mass is 205 g/mol. The molecule has 0 amide bonds. The zero-order valence-electron chi connectivity index (χ0n) is 8.77. The fourth-order valence-corrected chi connectivity index (χ4v) is 1.08. The van der Waals surface area contributed by atoms with E-state index in [0.717, 1.165) is 13.1 Å². The molecule has 0 atom stereocenters. The summed E-state index contributed by atoms with van der Waals surface area (Å²) in [6.07, 6.45) is 10.6. The van der Waals surface area contributed by atoms with E-state index in [1.165, 1.54) is 0 Å². The maximum Gasteiger partial charge on any atom is 0.191 e. The number of terminal acetylenes is 1. The molecule has 1 aromatic rings. The summed E-state index contributed by atoms with van der Waals surface area (Å²) in [5.41, 5.74) is 0. The van der Waals surface area contributed by atoms with Crippen molar-refractivity contribution in [2.24, 2.45) is 4.99 Å².